The zero-order valence-corrected chi connectivity index (χ0v) is 14.1. The molecule has 1 aliphatic heterocycles. The third-order valence-corrected chi connectivity index (χ3v) is 4.81. The van der Waals surface area contributed by atoms with Crippen LogP contribution in [0.2, 0.25) is 0 Å². The summed E-state index contributed by atoms with van der Waals surface area (Å²) in [6, 6.07) is 7.05. The van der Waals surface area contributed by atoms with Crippen molar-refractivity contribution in [2.75, 3.05) is 18.0 Å². The predicted octanol–water partition coefficient (Wildman–Crippen LogP) is 2.73. The molecule has 0 radical (unpaired) electrons. The van der Waals surface area contributed by atoms with Crippen molar-refractivity contribution in [2.45, 2.75) is 32.9 Å². The second-order valence-corrected chi connectivity index (χ2v) is 6.59. The number of nitrogens with one attached hydrogen (secondary N) is 2. The average molecular weight is 350 g/mol. The number of anilines is 1. The van der Waals surface area contributed by atoms with E-state index in [2.05, 4.69) is 68.2 Å². The summed E-state index contributed by atoms with van der Waals surface area (Å²) in [4.78, 5) is 6.91. The molecule has 0 bridgehead atoms. The zero-order chi connectivity index (χ0) is 15.0. The van der Waals surface area contributed by atoms with Crippen LogP contribution < -0.4 is 10.2 Å². The zero-order valence-electron chi connectivity index (χ0n) is 12.5. The van der Waals surface area contributed by atoms with E-state index in [1.165, 1.54) is 5.56 Å². The van der Waals surface area contributed by atoms with Crippen molar-refractivity contribution in [3.8, 4) is 11.4 Å². The Balaban J connectivity index is 1.88. The molecule has 2 atom stereocenters. The van der Waals surface area contributed by atoms with E-state index in [9.17, 15) is 0 Å². The average Bonchev–Trinajstić information content (AvgIpc) is 2.90. The SMILES string of the molecule is Cc1cccc(-c2nc(N3CC(C)NC(C)C3)n[nH]2)c1Br. The molecular formula is C15H20BrN5. The lowest BCUT2D eigenvalue weighted by atomic mass is 10.1. The lowest BCUT2D eigenvalue weighted by Gasteiger charge is -2.35. The number of benzene rings is 1. The summed E-state index contributed by atoms with van der Waals surface area (Å²) < 4.78 is 1.06. The molecule has 2 unspecified atom stereocenters. The van der Waals surface area contributed by atoms with Gasteiger partial charge in [-0.25, -0.2) is 0 Å². The van der Waals surface area contributed by atoms with Crippen LogP contribution in [0.5, 0.6) is 0 Å². The van der Waals surface area contributed by atoms with Crippen LogP contribution in [-0.2, 0) is 0 Å². The van der Waals surface area contributed by atoms with E-state index in [1.54, 1.807) is 0 Å². The van der Waals surface area contributed by atoms with E-state index in [1.807, 2.05) is 12.1 Å². The van der Waals surface area contributed by atoms with E-state index in [0.717, 1.165) is 34.9 Å². The van der Waals surface area contributed by atoms with Gasteiger partial charge < -0.3 is 10.2 Å². The Morgan fingerprint density at radius 2 is 1.95 bits per heavy atom. The van der Waals surface area contributed by atoms with Crippen LogP contribution in [0.25, 0.3) is 11.4 Å². The van der Waals surface area contributed by atoms with Gasteiger partial charge in [-0.1, -0.05) is 18.2 Å². The fourth-order valence-corrected chi connectivity index (χ4v) is 3.29. The molecule has 5 nitrogen and oxygen atoms in total. The minimum absolute atomic E-state index is 0.446. The van der Waals surface area contributed by atoms with Gasteiger partial charge in [-0.05, 0) is 42.3 Å². The first-order valence-corrected chi connectivity index (χ1v) is 8.03. The van der Waals surface area contributed by atoms with E-state index < -0.39 is 0 Å². The largest absolute Gasteiger partial charge is 0.336 e. The molecule has 3 rings (SSSR count). The van der Waals surface area contributed by atoms with Crippen molar-refractivity contribution in [1.29, 1.82) is 0 Å². The van der Waals surface area contributed by atoms with Crippen LogP contribution in [-0.4, -0.2) is 40.4 Å². The van der Waals surface area contributed by atoms with Gasteiger partial charge in [0.05, 0.1) is 0 Å². The standard InChI is InChI=1S/C15H20BrN5/c1-9-5-4-6-12(13(9)16)14-18-15(20-19-14)21-7-10(2)17-11(3)8-21/h4-6,10-11,17H,7-8H2,1-3H3,(H,18,19,20). The van der Waals surface area contributed by atoms with Crippen molar-refractivity contribution in [3.05, 3.63) is 28.2 Å². The molecular weight excluding hydrogens is 330 g/mol. The van der Waals surface area contributed by atoms with Crippen LogP contribution in [0, 0.1) is 6.92 Å². The van der Waals surface area contributed by atoms with Crippen LogP contribution in [0.1, 0.15) is 19.4 Å². The van der Waals surface area contributed by atoms with Gasteiger partial charge in [0.15, 0.2) is 5.82 Å². The van der Waals surface area contributed by atoms with Crippen molar-refractivity contribution in [3.63, 3.8) is 0 Å². The summed E-state index contributed by atoms with van der Waals surface area (Å²) in [7, 11) is 0. The Labute approximate surface area is 133 Å². The third kappa shape index (κ3) is 2.96. The first kappa shape index (κ1) is 14.5. The van der Waals surface area contributed by atoms with E-state index in [4.69, 9.17) is 0 Å². The fraction of sp³-hybridized carbons (Fsp3) is 0.467. The van der Waals surface area contributed by atoms with Gasteiger partial charge in [0.1, 0.15) is 0 Å². The first-order valence-electron chi connectivity index (χ1n) is 7.23. The van der Waals surface area contributed by atoms with E-state index >= 15 is 0 Å². The Morgan fingerprint density at radius 1 is 1.24 bits per heavy atom. The van der Waals surface area contributed by atoms with Gasteiger partial charge >= 0.3 is 0 Å². The molecule has 0 saturated carbocycles. The highest BCUT2D eigenvalue weighted by Crippen LogP contribution is 2.29. The topological polar surface area (TPSA) is 56.8 Å². The van der Waals surface area contributed by atoms with Gasteiger partial charge in [0, 0.05) is 35.2 Å². The molecule has 0 amide bonds. The second kappa shape index (κ2) is 5.77. The molecule has 0 aliphatic carbocycles. The molecule has 21 heavy (non-hydrogen) atoms. The number of aromatic amines is 1. The third-order valence-electron chi connectivity index (χ3n) is 3.76. The van der Waals surface area contributed by atoms with Crippen molar-refractivity contribution >= 4 is 21.9 Å². The Hall–Kier alpha value is -1.40. The first-order chi connectivity index (χ1) is 10.0. The second-order valence-electron chi connectivity index (χ2n) is 5.79. The Kier molecular flexibility index (Phi) is 3.99. The number of hydrogen-bond donors (Lipinski definition) is 2. The Bertz CT molecular complexity index is 629. The van der Waals surface area contributed by atoms with Crippen molar-refractivity contribution in [1.82, 2.24) is 20.5 Å². The molecule has 1 aliphatic rings. The smallest absolute Gasteiger partial charge is 0.245 e. The number of aryl methyl sites for hydroxylation is 1. The maximum atomic E-state index is 4.68. The van der Waals surface area contributed by atoms with E-state index in [-0.39, 0.29) is 0 Å². The summed E-state index contributed by atoms with van der Waals surface area (Å²) in [5, 5.41) is 11.0. The molecule has 1 fully saturated rings. The molecule has 1 aromatic carbocycles. The number of hydrogen-bond acceptors (Lipinski definition) is 4. The minimum atomic E-state index is 0.446. The highest BCUT2D eigenvalue weighted by atomic mass is 79.9. The number of nitrogens with zero attached hydrogens (tertiary/aromatic N) is 3. The molecule has 1 aromatic heterocycles. The quantitative estimate of drug-likeness (QED) is 0.875. The maximum absolute atomic E-state index is 4.68. The van der Waals surface area contributed by atoms with Crippen LogP contribution in [0.3, 0.4) is 0 Å². The molecule has 2 heterocycles. The van der Waals surface area contributed by atoms with Crippen LogP contribution >= 0.6 is 15.9 Å². The number of halogens is 1. The predicted molar refractivity (Wildman–Crippen MR) is 88.5 cm³/mol. The molecule has 0 spiro atoms. The van der Waals surface area contributed by atoms with E-state index in [0.29, 0.717) is 12.1 Å². The normalized spacial score (nSPS) is 22.6. The van der Waals surface area contributed by atoms with Crippen LogP contribution in [0.4, 0.5) is 5.95 Å². The molecule has 2 N–H and O–H groups in total. The molecule has 6 heteroatoms. The lowest BCUT2D eigenvalue weighted by molar-refractivity contribution is 0.403. The molecule has 1 saturated heterocycles. The fourth-order valence-electron chi connectivity index (χ4n) is 2.84. The van der Waals surface area contributed by atoms with Crippen molar-refractivity contribution in [2.24, 2.45) is 0 Å². The number of H-pyrrole nitrogens is 1. The highest BCUT2D eigenvalue weighted by molar-refractivity contribution is 9.10. The summed E-state index contributed by atoms with van der Waals surface area (Å²) >= 11 is 3.63. The number of rotatable bonds is 2. The highest BCUT2D eigenvalue weighted by Gasteiger charge is 2.24. The summed E-state index contributed by atoms with van der Waals surface area (Å²) in [6.45, 7) is 8.30. The van der Waals surface area contributed by atoms with Gasteiger partial charge in [-0.2, -0.15) is 4.98 Å². The lowest BCUT2D eigenvalue weighted by Crippen LogP contribution is -2.54. The summed E-state index contributed by atoms with van der Waals surface area (Å²) in [5.41, 5.74) is 2.24. The van der Waals surface area contributed by atoms with Gasteiger partial charge in [-0.15, -0.1) is 5.10 Å². The maximum Gasteiger partial charge on any atom is 0.245 e. The van der Waals surface area contributed by atoms with Gasteiger partial charge in [0.2, 0.25) is 5.95 Å². The van der Waals surface area contributed by atoms with Crippen molar-refractivity contribution < 1.29 is 0 Å². The number of piperazine rings is 1. The minimum Gasteiger partial charge on any atom is -0.336 e. The Morgan fingerprint density at radius 3 is 2.67 bits per heavy atom. The summed E-state index contributed by atoms with van der Waals surface area (Å²) in [5.74, 6) is 1.58. The van der Waals surface area contributed by atoms with Crippen LogP contribution in [0.15, 0.2) is 22.7 Å². The molecule has 2 aromatic rings. The molecule has 112 valence electrons. The van der Waals surface area contributed by atoms with Gasteiger partial charge in [-0.3, -0.25) is 5.10 Å². The number of aromatic nitrogens is 3. The monoisotopic (exact) mass is 349 g/mol. The summed E-state index contributed by atoms with van der Waals surface area (Å²) in [6.07, 6.45) is 0. The van der Waals surface area contributed by atoms with Gasteiger partial charge in [0.25, 0.3) is 0 Å².